The Balaban J connectivity index is 1.61. The van der Waals surface area contributed by atoms with E-state index in [2.05, 4.69) is 21.2 Å². The van der Waals surface area contributed by atoms with E-state index in [0.717, 1.165) is 30.8 Å². The minimum absolute atomic E-state index is 0.109. The lowest BCUT2D eigenvalue weighted by molar-refractivity contribution is -0.127. The van der Waals surface area contributed by atoms with Gasteiger partial charge >= 0.3 is 0 Å². The van der Waals surface area contributed by atoms with Crippen molar-refractivity contribution < 1.29 is 14.0 Å². The predicted molar refractivity (Wildman–Crippen MR) is 108 cm³/mol. The fourth-order valence-corrected chi connectivity index (χ4v) is 4.43. The summed E-state index contributed by atoms with van der Waals surface area (Å²) in [4.78, 5) is 27.5. The van der Waals surface area contributed by atoms with E-state index in [-0.39, 0.29) is 24.2 Å². The van der Waals surface area contributed by atoms with Crippen LogP contribution in [0.15, 0.2) is 51.8 Å². The van der Waals surface area contributed by atoms with Crippen LogP contribution in [-0.2, 0) is 11.3 Å². The number of carbonyl (C=O) groups excluding carboxylic acids is 2. The zero-order valence-electron chi connectivity index (χ0n) is 14.7. The molecule has 0 atom stereocenters. The first-order valence-electron chi connectivity index (χ1n) is 8.76. The van der Waals surface area contributed by atoms with Gasteiger partial charge in [0.05, 0.1) is 11.3 Å². The monoisotopic (exact) mass is 450 g/mol. The van der Waals surface area contributed by atoms with Crippen LogP contribution in [0.1, 0.15) is 28.8 Å². The molecule has 2 aromatic rings. The SMILES string of the molecule is O=C(NCc1cc(F)cc(Br)c1)c1ccccc1SCC(=O)N1CCCC1. The Morgan fingerprint density at radius 3 is 2.63 bits per heavy atom. The lowest BCUT2D eigenvalue weighted by Crippen LogP contribution is -2.29. The van der Waals surface area contributed by atoms with Gasteiger partial charge in [0.15, 0.2) is 0 Å². The Bertz CT molecular complexity index is 820. The highest BCUT2D eigenvalue weighted by molar-refractivity contribution is 9.10. The third kappa shape index (κ3) is 5.56. The second-order valence-corrected chi connectivity index (χ2v) is 8.27. The molecule has 2 aromatic carbocycles. The van der Waals surface area contributed by atoms with E-state index in [1.54, 1.807) is 18.2 Å². The molecule has 1 fully saturated rings. The predicted octanol–water partition coefficient (Wildman–Crippen LogP) is 4.23. The molecule has 1 N–H and O–H groups in total. The van der Waals surface area contributed by atoms with Crippen molar-refractivity contribution in [3.63, 3.8) is 0 Å². The van der Waals surface area contributed by atoms with Gasteiger partial charge in [-0.05, 0) is 48.7 Å². The van der Waals surface area contributed by atoms with Gasteiger partial charge in [-0.25, -0.2) is 4.39 Å². The highest BCUT2D eigenvalue weighted by atomic mass is 79.9. The lowest BCUT2D eigenvalue weighted by Gasteiger charge is -2.15. The average Bonchev–Trinajstić information content (AvgIpc) is 3.18. The second kappa shape index (κ2) is 9.37. The van der Waals surface area contributed by atoms with Gasteiger partial charge in [0.1, 0.15) is 5.82 Å². The molecule has 0 unspecified atom stereocenters. The molecule has 3 rings (SSSR count). The topological polar surface area (TPSA) is 49.4 Å². The molecule has 1 aliphatic heterocycles. The van der Waals surface area contributed by atoms with Gasteiger partial charge in [0.25, 0.3) is 5.91 Å². The lowest BCUT2D eigenvalue weighted by atomic mass is 10.2. The third-order valence-electron chi connectivity index (χ3n) is 4.32. The largest absolute Gasteiger partial charge is 0.348 e. The normalized spacial score (nSPS) is 13.6. The molecule has 7 heteroatoms. The maximum atomic E-state index is 13.5. The van der Waals surface area contributed by atoms with Crippen LogP contribution in [0.4, 0.5) is 4.39 Å². The summed E-state index contributed by atoms with van der Waals surface area (Å²) in [6.45, 7) is 1.87. The van der Waals surface area contributed by atoms with E-state index in [0.29, 0.717) is 21.4 Å². The number of halogens is 2. The van der Waals surface area contributed by atoms with Crippen LogP contribution in [0.5, 0.6) is 0 Å². The van der Waals surface area contributed by atoms with E-state index in [9.17, 15) is 14.0 Å². The van der Waals surface area contributed by atoms with Crippen LogP contribution in [0.3, 0.4) is 0 Å². The standard InChI is InChI=1S/C20H20BrFN2O2S/c21-15-9-14(10-16(22)11-15)12-23-20(26)17-5-1-2-6-18(17)27-13-19(25)24-7-3-4-8-24/h1-2,5-6,9-11H,3-4,7-8,12-13H2,(H,23,26). The first kappa shape index (κ1) is 19.9. The summed E-state index contributed by atoms with van der Waals surface area (Å²) in [5.74, 6) is -0.171. The summed E-state index contributed by atoms with van der Waals surface area (Å²) in [5, 5.41) is 2.82. The Hall–Kier alpha value is -1.86. The smallest absolute Gasteiger partial charge is 0.252 e. The Morgan fingerprint density at radius 2 is 1.89 bits per heavy atom. The number of rotatable bonds is 6. The van der Waals surface area contributed by atoms with Gasteiger partial charge in [-0.3, -0.25) is 9.59 Å². The molecule has 0 spiro atoms. The van der Waals surface area contributed by atoms with Crippen molar-refractivity contribution in [2.24, 2.45) is 0 Å². The quantitative estimate of drug-likeness (QED) is 0.669. The minimum atomic E-state index is -0.356. The third-order valence-corrected chi connectivity index (χ3v) is 5.83. The molecule has 4 nitrogen and oxygen atoms in total. The van der Waals surface area contributed by atoms with Crippen molar-refractivity contribution in [1.82, 2.24) is 10.2 Å². The first-order chi connectivity index (χ1) is 13.0. The number of carbonyl (C=O) groups is 2. The average molecular weight is 451 g/mol. The highest BCUT2D eigenvalue weighted by Gasteiger charge is 2.19. The van der Waals surface area contributed by atoms with Crippen LogP contribution in [0.25, 0.3) is 0 Å². The van der Waals surface area contributed by atoms with Gasteiger partial charge in [-0.2, -0.15) is 0 Å². The van der Waals surface area contributed by atoms with Crippen molar-refractivity contribution in [3.05, 3.63) is 63.9 Å². The van der Waals surface area contributed by atoms with Gasteiger partial charge in [-0.15, -0.1) is 11.8 Å². The van der Waals surface area contributed by atoms with Crippen molar-refractivity contribution in [2.75, 3.05) is 18.8 Å². The number of hydrogen-bond donors (Lipinski definition) is 1. The summed E-state index contributed by atoms with van der Waals surface area (Å²) in [7, 11) is 0. The molecule has 0 aromatic heterocycles. The van der Waals surface area contributed by atoms with E-state index in [4.69, 9.17) is 0 Å². The molecule has 1 aliphatic rings. The van der Waals surface area contributed by atoms with Crippen molar-refractivity contribution in [1.29, 1.82) is 0 Å². The summed E-state index contributed by atoms with van der Waals surface area (Å²) >= 11 is 4.62. The van der Waals surface area contributed by atoms with E-state index in [1.165, 1.54) is 23.9 Å². The molecule has 0 saturated carbocycles. The van der Waals surface area contributed by atoms with Gasteiger partial charge < -0.3 is 10.2 Å². The zero-order valence-corrected chi connectivity index (χ0v) is 17.1. The molecule has 27 heavy (non-hydrogen) atoms. The number of likely N-dealkylation sites (tertiary alicyclic amines) is 1. The summed E-state index contributed by atoms with van der Waals surface area (Å²) in [6, 6.07) is 11.7. The van der Waals surface area contributed by atoms with Crippen LogP contribution in [-0.4, -0.2) is 35.6 Å². The number of hydrogen-bond acceptors (Lipinski definition) is 3. The summed E-state index contributed by atoms with van der Waals surface area (Å²) in [5.41, 5.74) is 1.19. The Kier molecular flexibility index (Phi) is 6.90. The molecule has 0 radical (unpaired) electrons. The molecule has 142 valence electrons. The van der Waals surface area contributed by atoms with Gasteiger partial charge in [0, 0.05) is 29.0 Å². The summed E-state index contributed by atoms with van der Waals surface area (Å²) < 4.78 is 14.1. The fourth-order valence-electron chi connectivity index (χ4n) is 2.97. The molecular weight excluding hydrogens is 431 g/mol. The van der Waals surface area contributed by atoms with Crippen molar-refractivity contribution >= 4 is 39.5 Å². The van der Waals surface area contributed by atoms with Crippen molar-refractivity contribution in [3.8, 4) is 0 Å². The minimum Gasteiger partial charge on any atom is -0.348 e. The van der Waals surface area contributed by atoms with E-state index in [1.807, 2.05) is 17.0 Å². The molecule has 2 amide bonds. The van der Waals surface area contributed by atoms with Crippen LogP contribution >= 0.6 is 27.7 Å². The van der Waals surface area contributed by atoms with Crippen molar-refractivity contribution in [2.45, 2.75) is 24.3 Å². The molecule has 0 aliphatic carbocycles. The van der Waals surface area contributed by atoms with Gasteiger partial charge in [0.2, 0.25) is 5.91 Å². The number of nitrogens with one attached hydrogen (secondary N) is 1. The number of thioether (sulfide) groups is 1. The Labute approximate surface area is 170 Å². The van der Waals surface area contributed by atoms with Crippen LogP contribution < -0.4 is 5.32 Å². The fraction of sp³-hybridized carbons (Fsp3) is 0.300. The van der Waals surface area contributed by atoms with Crippen LogP contribution in [0.2, 0.25) is 0 Å². The van der Waals surface area contributed by atoms with E-state index < -0.39 is 0 Å². The zero-order chi connectivity index (χ0) is 19.2. The highest BCUT2D eigenvalue weighted by Crippen LogP contribution is 2.24. The number of nitrogens with zero attached hydrogens (tertiary/aromatic N) is 1. The first-order valence-corrected chi connectivity index (χ1v) is 10.5. The molecular formula is C20H20BrFN2O2S. The van der Waals surface area contributed by atoms with Crippen LogP contribution in [0, 0.1) is 5.82 Å². The second-order valence-electron chi connectivity index (χ2n) is 6.33. The number of benzene rings is 2. The van der Waals surface area contributed by atoms with E-state index >= 15 is 0 Å². The number of amides is 2. The maximum absolute atomic E-state index is 13.5. The molecule has 1 saturated heterocycles. The Morgan fingerprint density at radius 1 is 1.15 bits per heavy atom. The summed E-state index contributed by atoms with van der Waals surface area (Å²) in [6.07, 6.45) is 2.12. The maximum Gasteiger partial charge on any atom is 0.252 e. The molecule has 1 heterocycles. The van der Waals surface area contributed by atoms with Gasteiger partial charge in [-0.1, -0.05) is 28.1 Å². The molecule has 0 bridgehead atoms.